The van der Waals surface area contributed by atoms with Gasteiger partial charge in [0.1, 0.15) is 11.3 Å². The predicted octanol–water partition coefficient (Wildman–Crippen LogP) is 4.74. The van der Waals surface area contributed by atoms with Crippen LogP contribution >= 0.6 is 0 Å². The van der Waals surface area contributed by atoms with Crippen LogP contribution in [-0.2, 0) is 0 Å². The monoisotopic (exact) mass is 492 g/mol. The lowest BCUT2D eigenvalue weighted by Crippen LogP contribution is -2.70. The van der Waals surface area contributed by atoms with Crippen LogP contribution in [0.5, 0.6) is 0 Å². The fourth-order valence-corrected chi connectivity index (χ4v) is 10.8. The van der Waals surface area contributed by atoms with Crippen molar-refractivity contribution in [1.29, 1.82) is 0 Å². The molecule has 174 valence electrons. The molecule has 0 N–H and O–H groups in total. The third-order valence-corrected chi connectivity index (χ3v) is 12.0. The Bertz CT molecular complexity index is 1930. The zero-order valence-electron chi connectivity index (χ0n) is 19.7. The van der Waals surface area contributed by atoms with E-state index in [4.69, 9.17) is 14.4 Å². The zero-order chi connectivity index (χ0) is 24.4. The molecule has 8 rings (SSSR count). The van der Waals surface area contributed by atoms with Crippen molar-refractivity contribution in [3.05, 3.63) is 122 Å². The van der Waals surface area contributed by atoms with Crippen LogP contribution in [0.1, 0.15) is 0 Å². The highest BCUT2D eigenvalue weighted by molar-refractivity contribution is 7.12. The number of benzene rings is 4. The van der Waals surface area contributed by atoms with Crippen molar-refractivity contribution in [2.45, 2.75) is 0 Å². The Morgan fingerprint density at radius 3 is 2.38 bits per heavy atom. The van der Waals surface area contributed by atoms with Gasteiger partial charge in [0.2, 0.25) is 5.89 Å². The van der Waals surface area contributed by atoms with E-state index in [2.05, 4.69) is 88.1 Å². The molecule has 0 radical (unpaired) electrons. The number of nitrogens with zero attached hydrogens (tertiary/aromatic N) is 4. The van der Waals surface area contributed by atoms with E-state index in [0.29, 0.717) is 5.89 Å². The first kappa shape index (κ1) is 20.4. The summed E-state index contributed by atoms with van der Waals surface area (Å²) in [6.45, 7) is 0. The van der Waals surface area contributed by atoms with Crippen molar-refractivity contribution >= 4 is 45.9 Å². The summed E-state index contributed by atoms with van der Waals surface area (Å²) in [5.41, 5.74) is 5.92. The molecule has 0 aliphatic carbocycles. The molecule has 0 bridgehead atoms. The molecule has 6 heteroatoms. The molecule has 0 saturated carbocycles. The molecule has 0 amide bonds. The van der Waals surface area contributed by atoms with Crippen LogP contribution in [0.3, 0.4) is 0 Å². The average Bonchev–Trinajstić information content (AvgIpc) is 3.64. The highest BCUT2D eigenvalue weighted by Crippen LogP contribution is 2.35. The van der Waals surface area contributed by atoms with Gasteiger partial charge in [0.15, 0.2) is 5.58 Å². The Balaban J connectivity index is 1.48. The van der Waals surface area contributed by atoms with E-state index in [-0.39, 0.29) is 0 Å². The van der Waals surface area contributed by atoms with Crippen LogP contribution in [0.15, 0.2) is 126 Å². The second-order valence-corrected chi connectivity index (χ2v) is 12.9. The summed E-state index contributed by atoms with van der Waals surface area (Å²) in [6.07, 6.45) is 3.87. The Hall–Kier alpha value is -4.81. The standard InChI is InChI=1S/C31H20N4OSi/c1-6-17-29-24(12-1)30-33-25-13-2-4-15-27(25)35(30)37(29,23-11-8-18-32-20-23)22-10-7-9-21(19-22)31-34-26-14-3-5-16-28(26)36-31/h1-20H. The van der Waals surface area contributed by atoms with Gasteiger partial charge in [-0.3, -0.25) is 4.98 Å². The highest BCUT2D eigenvalue weighted by Gasteiger charge is 2.51. The number of rotatable bonds is 3. The van der Waals surface area contributed by atoms with Gasteiger partial charge in [-0.25, -0.2) is 9.97 Å². The van der Waals surface area contributed by atoms with E-state index in [9.17, 15) is 0 Å². The van der Waals surface area contributed by atoms with Crippen molar-refractivity contribution < 1.29 is 4.42 Å². The van der Waals surface area contributed by atoms with Gasteiger partial charge in [-0.15, -0.1) is 0 Å². The number of imidazole rings is 1. The smallest absolute Gasteiger partial charge is 0.261 e. The summed E-state index contributed by atoms with van der Waals surface area (Å²) >= 11 is 0. The molecule has 5 nitrogen and oxygen atoms in total. The van der Waals surface area contributed by atoms with Crippen LogP contribution < -0.4 is 15.6 Å². The van der Waals surface area contributed by atoms with Crippen molar-refractivity contribution in [3.8, 4) is 22.8 Å². The highest BCUT2D eigenvalue weighted by atomic mass is 28.3. The molecule has 3 aromatic heterocycles. The second kappa shape index (κ2) is 7.59. The number of fused-ring (bicyclic) bond motifs is 6. The van der Waals surface area contributed by atoms with Crippen LogP contribution in [0.4, 0.5) is 0 Å². The lowest BCUT2D eigenvalue weighted by atomic mass is 10.2. The van der Waals surface area contributed by atoms with E-state index in [1.807, 2.05) is 42.7 Å². The fourth-order valence-electron chi connectivity index (χ4n) is 5.85. The topological polar surface area (TPSA) is 56.7 Å². The molecular weight excluding hydrogens is 472 g/mol. The number of oxazole rings is 1. The molecular formula is C31H20N4OSi. The molecule has 4 heterocycles. The molecule has 1 unspecified atom stereocenters. The second-order valence-electron chi connectivity index (χ2n) is 9.32. The summed E-state index contributed by atoms with van der Waals surface area (Å²) < 4.78 is 8.69. The largest absolute Gasteiger partial charge is 0.436 e. The molecule has 7 aromatic rings. The molecule has 0 spiro atoms. The molecule has 1 atom stereocenters. The molecule has 37 heavy (non-hydrogen) atoms. The summed E-state index contributed by atoms with van der Waals surface area (Å²) in [5.74, 6) is 1.64. The summed E-state index contributed by atoms with van der Waals surface area (Å²) in [4.78, 5) is 14.5. The van der Waals surface area contributed by atoms with Gasteiger partial charge in [0.25, 0.3) is 8.24 Å². The quantitative estimate of drug-likeness (QED) is 0.335. The maximum atomic E-state index is 6.18. The van der Waals surface area contributed by atoms with Crippen LogP contribution in [0.25, 0.3) is 45.0 Å². The Morgan fingerprint density at radius 1 is 0.676 bits per heavy atom. The van der Waals surface area contributed by atoms with E-state index < -0.39 is 8.24 Å². The van der Waals surface area contributed by atoms with Gasteiger partial charge in [-0.2, -0.15) is 0 Å². The number of hydrogen-bond acceptors (Lipinski definition) is 4. The fraction of sp³-hybridized carbons (Fsp3) is 0. The molecule has 0 saturated heterocycles. The minimum Gasteiger partial charge on any atom is -0.436 e. The maximum absolute atomic E-state index is 6.18. The normalized spacial score (nSPS) is 16.2. The molecule has 4 aromatic carbocycles. The first-order valence-electron chi connectivity index (χ1n) is 12.3. The Kier molecular flexibility index (Phi) is 4.18. The third kappa shape index (κ3) is 2.76. The van der Waals surface area contributed by atoms with Gasteiger partial charge < -0.3 is 8.65 Å². The van der Waals surface area contributed by atoms with E-state index in [1.165, 1.54) is 21.1 Å². The third-order valence-electron chi connectivity index (χ3n) is 7.35. The minimum absolute atomic E-state index is 0.625. The van der Waals surface area contributed by atoms with Crippen molar-refractivity contribution in [3.63, 3.8) is 0 Å². The van der Waals surface area contributed by atoms with Crippen molar-refractivity contribution in [2.24, 2.45) is 0 Å². The van der Waals surface area contributed by atoms with Crippen LogP contribution in [0, 0.1) is 0 Å². The summed E-state index contributed by atoms with van der Waals surface area (Å²) in [5, 5.41) is 3.75. The van der Waals surface area contributed by atoms with Crippen LogP contribution in [-0.4, -0.2) is 27.4 Å². The lowest BCUT2D eigenvalue weighted by molar-refractivity contribution is 0.620. The maximum Gasteiger partial charge on any atom is 0.261 e. The summed E-state index contributed by atoms with van der Waals surface area (Å²) in [7, 11) is -2.82. The van der Waals surface area contributed by atoms with Crippen molar-refractivity contribution in [2.75, 3.05) is 0 Å². The Labute approximate surface area is 213 Å². The number of para-hydroxylation sites is 4. The van der Waals surface area contributed by atoms with Gasteiger partial charge >= 0.3 is 0 Å². The van der Waals surface area contributed by atoms with Crippen LogP contribution in [0.2, 0.25) is 0 Å². The Morgan fingerprint density at radius 2 is 1.49 bits per heavy atom. The lowest BCUT2D eigenvalue weighted by Gasteiger charge is -2.32. The molecule has 1 aliphatic heterocycles. The van der Waals surface area contributed by atoms with E-state index in [1.54, 1.807) is 0 Å². The molecule has 0 fully saturated rings. The van der Waals surface area contributed by atoms with Crippen molar-refractivity contribution in [1.82, 2.24) is 19.2 Å². The predicted molar refractivity (Wildman–Crippen MR) is 149 cm³/mol. The van der Waals surface area contributed by atoms with Gasteiger partial charge in [0.05, 0.1) is 11.0 Å². The van der Waals surface area contributed by atoms with Gasteiger partial charge in [-0.05, 0) is 58.0 Å². The molecule has 1 aliphatic rings. The minimum atomic E-state index is -2.82. The van der Waals surface area contributed by atoms with E-state index in [0.717, 1.165) is 33.5 Å². The number of aromatic nitrogens is 4. The van der Waals surface area contributed by atoms with Gasteiger partial charge in [0, 0.05) is 23.5 Å². The first-order valence-corrected chi connectivity index (χ1v) is 14.2. The number of hydrogen-bond donors (Lipinski definition) is 0. The summed E-state index contributed by atoms with van der Waals surface area (Å²) in [6, 6.07) is 38.0. The SMILES string of the molecule is c1cncc([Si]2(c3cccc(-c4nc5ccccc5o4)c3)c3ccccc3-c3nc4ccccc4n32)c1. The van der Waals surface area contributed by atoms with Gasteiger partial charge in [-0.1, -0.05) is 66.7 Å². The average molecular weight is 493 g/mol. The first-order chi connectivity index (χ1) is 18.3. The van der Waals surface area contributed by atoms with E-state index >= 15 is 0 Å². The zero-order valence-corrected chi connectivity index (χ0v) is 20.7. The number of pyridine rings is 1.